The molecule has 0 aromatic heterocycles. The molecule has 0 saturated carbocycles. The first-order chi connectivity index (χ1) is 7.63. The molecular formula is C11H7ClO3S. The Labute approximate surface area is 101 Å². The first-order valence-corrected chi connectivity index (χ1v) is 6.03. The highest BCUT2D eigenvalue weighted by molar-refractivity contribution is 8.03. The average Bonchev–Trinajstić information content (AvgIpc) is 2.72. The van der Waals surface area contributed by atoms with Crippen LogP contribution in [-0.4, -0.2) is 23.1 Å². The van der Waals surface area contributed by atoms with Crippen LogP contribution in [0, 0.1) is 0 Å². The Bertz CT molecular complexity index is 514. The standard InChI is InChI=1S/C11H7ClO3S/c12-6-1-2-7-8(5-6)16-11(9(7)13)3-4-15-10(11)14/h1-2,5H,3-4H2. The molecule has 1 spiro atoms. The SMILES string of the molecule is O=C1OCCC12Sc1cc(Cl)ccc1C2=O. The number of thioether (sulfide) groups is 1. The van der Waals surface area contributed by atoms with Crippen LogP contribution < -0.4 is 0 Å². The van der Waals surface area contributed by atoms with Gasteiger partial charge in [-0.3, -0.25) is 9.59 Å². The zero-order valence-corrected chi connectivity index (χ0v) is 9.73. The van der Waals surface area contributed by atoms with E-state index in [9.17, 15) is 9.59 Å². The molecule has 2 aliphatic rings. The van der Waals surface area contributed by atoms with Crippen LogP contribution in [0.25, 0.3) is 0 Å². The van der Waals surface area contributed by atoms with E-state index in [-0.39, 0.29) is 5.78 Å². The molecule has 1 fully saturated rings. The summed E-state index contributed by atoms with van der Waals surface area (Å²) in [6, 6.07) is 5.06. The van der Waals surface area contributed by atoms with Gasteiger partial charge in [-0.2, -0.15) is 0 Å². The highest BCUT2D eigenvalue weighted by atomic mass is 35.5. The predicted molar refractivity (Wildman–Crippen MR) is 59.9 cm³/mol. The minimum absolute atomic E-state index is 0.147. The molecule has 3 nitrogen and oxygen atoms in total. The third-order valence-electron chi connectivity index (χ3n) is 2.86. The van der Waals surface area contributed by atoms with Crippen molar-refractivity contribution in [2.24, 2.45) is 0 Å². The van der Waals surface area contributed by atoms with E-state index in [0.717, 1.165) is 4.90 Å². The van der Waals surface area contributed by atoms with E-state index in [0.29, 0.717) is 23.6 Å². The van der Waals surface area contributed by atoms with E-state index in [1.165, 1.54) is 11.8 Å². The molecule has 1 atom stereocenters. The Balaban J connectivity index is 2.13. The highest BCUT2D eigenvalue weighted by Crippen LogP contribution is 2.50. The summed E-state index contributed by atoms with van der Waals surface area (Å²) in [5.41, 5.74) is 0.577. The Morgan fingerprint density at radius 1 is 1.38 bits per heavy atom. The molecule has 0 aliphatic carbocycles. The van der Waals surface area contributed by atoms with Crippen LogP contribution in [0.4, 0.5) is 0 Å². The van der Waals surface area contributed by atoms with Gasteiger partial charge in [0, 0.05) is 21.9 Å². The first kappa shape index (κ1) is 10.2. The normalized spacial score (nSPS) is 27.3. The number of carbonyl (C=O) groups is 2. The minimum Gasteiger partial charge on any atom is -0.464 e. The molecule has 1 unspecified atom stereocenters. The van der Waals surface area contributed by atoms with E-state index >= 15 is 0 Å². The summed E-state index contributed by atoms with van der Waals surface area (Å²) >= 11 is 7.13. The maximum absolute atomic E-state index is 12.2. The van der Waals surface area contributed by atoms with E-state index in [4.69, 9.17) is 16.3 Å². The number of Topliss-reactive ketones (excluding diaryl/α,β-unsaturated/α-hetero) is 1. The Morgan fingerprint density at radius 2 is 2.19 bits per heavy atom. The summed E-state index contributed by atoms with van der Waals surface area (Å²) < 4.78 is 3.87. The number of carbonyl (C=O) groups excluding carboxylic acids is 2. The molecule has 1 aromatic carbocycles. The topological polar surface area (TPSA) is 43.4 Å². The van der Waals surface area contributed by atoms with Gasteiger partial charge in [-0.25, -0.2) is 0 Å². The van der Waals surface area contributed by atoms with E-state index in [1.807, 2.05) is 0 Å². The van der Waals surface area contributed by atoms with Crippen molar-refractivity contribution in [3.63, 3.8) is 0 Å². The number of hydrogen-bond donors (Lipinski definition) is 0. The molecule has 0 bridgehead atoms. The number of hydrogen-bond acceptors (Lipinski definition) is 4. The van der Waals surface area contributed by atoms with Crippen molar-refractivity contribution in [2.45, 2.75) is 16.1 Å². The zero-order chi connectivity index (χ0) is 11.3. The summed E-state index contributed by atoms with van der Waals surface area (Å²) in [5.74, 6) is -0.568. The van der Waals surface area contributed by atoms with Gasteiger partial charge in [-0.1, -0.05) is 23.4 Å². The van der Waals surface area contributed by atoms with E-state index < -0.39 is 10.7 Å². The van der Waals surface area contributed by atoms with Crippen molar-refractivity contribution in [1.29, 1.82) is 0 Å². The summed E-state index contributed by atoms with van der Waals surface area (Å²) in [6.45, 7) is 0.319. The van der Waals surface area contributed by atoms with Gasteiger partial charge in [0.15, 0.2) is 10.5 Å². The van der Waals surface area contributed by atoms with Crippen LogP contribution >= 0.6 is 23.4 Å². The van der Waals surface area contributed by atoms with Gasteiger partial charge in [0.2, 0.25) is 0 Å². The van der Waals surface area contributed by atoms with Gasteiger partial charge in [-0.05, 0) is 18.2 Å². The third kappa shape index (κ3) is 1.17. The largest absolute Gasteiger partial charge is 0.464 e. The fourth-order valence-electron chi connectivity index (χ4n) is 2.02. The van der Waals surface area contributed by atoms with Gasteiger partial charge >= 0.3 is 5.97 Å². The maximum Gasteiger partial charge on any atom is 0.330 e. The molecular weight excluding hydrogens is 248 g/mol. The van der Waals surface area contributed by atoms with E-state index in [1.54, 1.807) is 18.2 Å². The monoisotopic (exact) mass is 254 g/mol. The summed E-state index contributed by atoms with van der Waals surface area (Å²) in [4.78, 5) is 24.6. The van der Waals surface area contributed by atoms with Gasteiger partial charge in [-0.15, -0.1) is 0 Å². The fraction of sp³-hybridized carbons (Fsp3) is 0.273. The lowest BCUT2D eigenvalue weighted by atomic mass is 9.96. The lowest BCUT2D eigenvalue weighted by molar-refractivity contribution is -0.138. The van der Waals surface area contributed by atoms with Crippen molar-refractivity contribution >= 4 is 35.1 Å². The van der Waals surface area contributed by atoms with Gasteiger partial charge in [0.05, 0.1) is 6.61 Å². The molecule has 82 valence electrons. The van der Waals surface area contributed by atoms with Crippen molar-refractivity contribution in [3.8, 4) is 0 Å². The lowest BCUT2D eigenvalue weighted by Crippen LogP contribution is -2.36. The van der Waals surface area contributed by atoms with Gasteiger partial charge < -0.3 is 4.74 Å². The second-order valence-electron chi connectivity index (χ2n) is 3.78. The molecule has 0 radical (unpaired) electrons. The van der Waals surface area contributed by atoms with Crippen molar-refractivity contribution in [1.82, 2.24) is 0 Å². The number of halogens is 1. The van der Waals surface area contributed by atoms with Gasteiger partial charge in [0.25, 0.3) is 0 Å². The first-order valence-electron chi connectivity index (χ1n) is 4.84. The van der Waals surface area contributed by atoms with Crippen LogP contribution in [0.1, 0.15) is 16.8 Å². The molecule has 0 amide bonds. The number of rotatable bonds is 0. The molecule has 16 heavy (non-hydrogen) atoms. The quantitative estimate of drug-likeness (QED) is 0.526. The molecule has 1 aromatic rings. The Morgan fingerprint density at radius 3 is 2.88 bits per heavy atom. The molecule has 2 heterocycles. The lowest BCUT2D eigenvalue weighted by Gasteiger charge is -2.13. The van der Waals surface area contributed by atoms with Crippen molar-refractivity contribution in [2.75, 3.05) is 6.61 Å². The summed E-state index contributed by atoms with van der Waals surface area (Å²) in [5, 5.41) is 0.572. The average molecular weight is 255 g/mol. The van der Waals surface area contributed by atoms with Gasteiger partial charge in [0.1, 0.15) is 0 Å². The van der Waals surface area contributed by atoms with Crippen LogP contribution in [0.5, 0.6) is 0 Å². The number of ketones is 1. The van der Waals surface area contributed by atoms with Crippen molar-refractivity contribution < 1.29 is 14.3 Å². The number of fused-ring (bicyclic) bond motifs is 1. The van der Waals surface area contributed by atoms with Crippen LogP contribution in [-0.2, 0) is 9.53 Å². The van der Waals surface area contributed by atoms with Crippen molar-refractivity contribution in [3.05, 3.63) is 28.8 Å². The van der Waals surface area contributed by atoms with Crippen LogP contribution in [0.15, 0.2) is 23.1 Å². The maximum atomic E-state index is 12.2. The Kier molecular flexibility index (Phi) is 2.06. The molecule has 0 N–H and O–H groups in total. The van der Waals surface area contributed by atoms with Crippen LogP contribution in [0.3, 0.4) is 0 Å². The highest BCUT2D eigenvalue weighted by Gasteiger charge is 2.56. The second-order valence-corrected chi connectivity index (χ2v) is 5.56. The van der Waals surface area contributed by atoms with E-state index in [2.05, 4.69) is 0 Å². The second kappa shape index (κ2) is 3.25. The number of ether oxygens (including phenoxy) is 1. The molecule has 2 aliphatic heterocycles. The number of cyclic esters (lactones) is 1. The Hall–Kier alpha value is -1.00. The minimum atomic E-state index is -1.03. The number of benzene rings is 1. The van der Waals surface area contributed by atoms with Crippen LogP contribution in [0.2, 0.25) is 5.02 Å². The summed E-state index contributed by atoms with van der Waals surface area (Å²) in [6.07, 6.45) is 0.446. The smallest absolute Gasteiger partial charge is 0.330 e. The third-order valence-corrected chi connectivity index (χ3v) is 4.55. The zero-order valence-electron chi connectivity index (χ0n) is 8.16. The number of esters is 1. The molecule has 1 saturated heterocycles. The summed E-state index contributed by atoms with van der Waals surface area (Å²) in [7, 11) is 0. The molecule has 3 rings (SSSR count). The fourth-order valence-corrected chi connectivity index (χ4v) is 3.62. The molecule has 5 heteroatoms. The predicted octanol–water partition coefficient (Wildman–Crippen LogP) is 2.31.